The van der Waals surface area contributed by atoms with Gasteiger partial charge in [0.25, 0.3) is 0 Å². The summed E-state index contributed by atoms with van der Waals surface area (Å²) in [4.78, 5) is 13.0. The highest BCUT2D eigenvalue weighted by Crippen LogP contribution is 2.20. The monoisotopic (exact) mass is 211 g/mol. The van der Waals surface area contributed by atoms with Gasteiger partial charge in [-0.15, -0.1) is 0 Å². The first-order chi connectivity index (χ1) is 7.11. The van der Waals surface area contributed by atoms with E-state index in [1.807, 2.05) is 0 Å². The number of carbonyl (C=O) groups excluding carboxylic acids is 1. The van der Waals surface area contributed by atoms with Crippen LogP contribution in [0.2, 0.25) is 0 Å². The minimum atomic E-state index is -0.0363. The number of hydrogen-bond acceptors (Lipinski definition) is 2. The molecule has 0 aromatic heterocycles. The van der Waals surface area contributed by atoms with Crippen molar-refractivity contribution in [3.05, 3.63) is 12.2 Å². The van der Waals surface area contributed by atoms with E-state index in [0.717, 1.165) is 12.8 Å². The van der Waals surface area contributed by atoms with Crippen molar-refractivity contribution in [1.82, 2.24) is 4.90 Å². The Morgan fingerprint density at radius 3 is 2.53 bits per heavy atom. The maximum atomic E-state index is 11.5. The lowest BCUT2D eigenvalue weighted by Gasteiger charge is -2.25. The first-order valence-electron chi connectivity index (χ1n) is 5.64. The molecule has 0 atom stereocenters. The molecule has 1 aliphatic rings. The average molecular weight is 211 g/mol. The molecule has 1 aliphatic carbocycles. The topological polar surface area (TPSA) is 29.5 Å². The van der Waals surface area contributed by atoms with Gasteiger partial charge >= 0.3 is 0 Å². The Bertz CT molecular complexity index is 232. The van der Waals surface area contributed by atoms with Crippen molar-refractivity contribution in [3.8, 4) is 0 Å². The Morgan fingerprint density at radius 1 is 1.40 bits per heavy atom. The molecule has 1 saturated carbocycles. The second kappa shape index (κ2) is 5.91. The number of rotatable bonds is 4. The van der Waals surface area contributed by atoms with Crippen LogP contribution >= 0.6 is 0 Å². The fraction of sp³-hybridized carbons (Fsp3) is 0.750. The Balaban J connectivity index is 2.23. The normalized spacial score (nSPS) is 17.5. The first-order valence-corrected chi connectivity index (χ1v) is 5.64. The molecule has 1 fully saturated rings. The Labute approximate surface area is 92.1 Å². The number of likely N-dealkylation sites (N-methyl/N-ethyl adjacent to an activating group) is 1. The van der Waals surface area contributed by atoms with Gasteiger partial charge < -0.3 is 9.64 Å². The molecule has 0 unspecified atom stereocenters. The van der Waals surface area contributed by atoms with E-state index in [1.54, 1.807) is 18.9 Å². The van der Waals surface area contributed by atoms with Gasteiger partial charge in [-0.1, -0.05) is 25.8 Å². The zero-order chi connectivity index (χ0) is 11.3. The highest BCUT2D eigenvalue weighted by atomic mass is 16.5. The van der Waals surface area contributed by atoms with Gasteiger partial charge in [-0.25, -0.2) is 0 Å². The zero-order valence-electron chi connectivity index (χ0n) is 9.79. The fourth-order valence-corrected chi connectivity index (χ4v) is 1.83. The third-order valence-corrected chi connectivity index (χ3v) is 2.77. The maximum absolute atomic E-state index is 11.5. The number of amides is 1. The molecule has 1 amide bonds. The molecule has 0 spiro atoms. The number of ether oxygens (including phenoxy) is 1. The molecular formula is C12H21NO2. The van der Waals surface area contributed by atoms with Crippen molar-refractivity contribution in [2.45, 2.75) is 45.1 Å². The Morgan fingerprint density at radius 2 is 2.00 bits per heavy atom. The summed E-state index contributed by atoms with van der Waals surface area (Å²) in [5.74, 6) is -0.0363. The van der Waals surface area contributed by atoms with Crippen LogP contribution in [0.4, 0.5) is 0 Å². The summed E-state index contributed by atoms with van der Waals surface area (Å²) < 4.78 is 5.68. The second-order valence-corrected chi connectivity index (χ2v) is 4.34. The van der Waals surface area contributed by atoms with Gasteiger partial charge in [-0.05, 0) is 19.8 Å². The summed E-state index contributed by atoms with van der Waals surface area (Å²) in [6.07, 6.45) is 6.44. The lowest BCUT2D eigenvalue weighted by atomic mass is 9.98. The molecule has 0 bridgehead atoms. The summed E-state index contributed by atoms with van der Waals surface area (Å²) >= 11 is 0. The van der Waals surface area contributed by atoms with E-state index >= 15 is 0 Å². The predicted molar refractivity (Wildman–Crippen MR) is 60.4 cm³/mol. The van der Waals surface area contributed by atoms with Gasteiger partial charge in [0.15, 0.2) is 0 Å². The van der Waals surface area contributed by atoms with E-state index in [0.29, 0.717) is 18.4 Å². The van der Waals surface area contributed by atoms with Crippen molar-refractivity contribution < 1.29 is 9.53 Å². The van der Waals surface area contributed by atoms with E-state index < -0.39 is 0 Å². The van der Waals surface area contributed by atoms with Gasteiger partial charge in [-0.2, -0.15) is 0 Å². The highest BCUT2D eigenvalue weighted by Gasteiger charge is 2.16. The molecule has 3 nitrogen and oxygen atoms in total. The van der Waals surface area contributed by atoms with E-state index in [-0.39, 0.29) is 5.91 Å². The van der Waals surface area contributed by atoms with Crippen molar-refractivity contribution in [1.29, 1.82) is 0 Å². The Kier molecular flexibility index (Phi) is 4.82. The molecule has 0 heterocycles. The zero-order valence-corrected chi connectivity index (χ0v) is 9.79. The number of hydrogen-bond donors (Lipinski definition) is 0. The fourth-order valence-electron chi connectivity index (χ4n) is 1.83. The van der Waals surface area contributed by atoms with Gasteiger partial charge in [0, 0.05) is 12.6 Å². The van der Waals surface area contributed by atoms with E-state index in [1.165, 1.54) is 19.3 Å². The van der Waals surface area contributed by atoms with Crippen LogP contribution in [0.1, 0.15) is 39.0 Å². The van der Waals surface area contributed by atoms with Crippen LogP contribution in [-0.2, 0) is 9.53 Å². The summed E-state index contributed by atoms with van der Waals surface area (Å²) in [5.41, 5.74) is 0.560. The molecule has 0 N–H and O–H groups in total. The largest absolute Gasteiger partial charge is 0.358 e. The highest BCUT2D eigenvalue weighted by molar-refractivity contribution is 5.91. The molecule has 15 heavy (non-hydrogen) atoms. The molecule has 3 heteroatoms. The van der Waals surface area contributed by atoms with Gasteiger partial charge in [0.2, 0.25) is 5.91 Å². The summed E-state index contributed by atoms with van der Waals surface area (Å²) in [7, 11) is 1.75. The lowest BCUT2D eigenvalue weighted by molar-refractivity contribution is -0.133. The smallest absolute Gasteiger partial charge is 0.250 e. The lowest BCUT2D eigenvalue weighted by Crippen LogP contribution is -2.32. The SMILES string of the molecule is C=C(C)C(=O)N(C)COC1CCCCC1. The van der Waals surface area contributed by atoms with Crippen LogP contribution in [0.15, 0.2) is 12.2 Å². The summed E-state index contributed by atoms with van der Waals surface area (Å²) in [6.45, 7) is 5.73. The van der Waals surface area contributed by atoms with Crippen molar-refractivity contribution >= 4 is 5.91 Å². The first kappa shape index (κ1) is 12.2. The van der Waals surface area contributed by atoms with Crippen molar-refractivity contribution in [2.24, 2.45) is 0 Å². The average Bonchev–Trinajstić information content (AvgIpc) is 2.26. The second-order valence-electron chi connectivity index (χ2n) is 4.34. The molecule has 0 radical (unpaired) electrons. The summed E-state index contributed by atoms with van der Waals surface area (Å²) in [5, 5.41) is 0. The molecule has 0 aromatic rings. The van der Waals surface area contributed by atoms with Crippen LogP contribution in [0.3, 0.4) is 0 Å². The number of nitrogens with zero attached hydrogens (tertiary/aromatic N) is 1. The van der Waals surface area contributed by atoms with Crippen LogP contribution in [0, 0.1) is 0 Å². The third-order valence-electron chi connectivity index (χ3n) is 2.77. The molecule has 0 aliphatic heterocycles. The van der Waals surface area contributed by atoms with E-state index in [9.17, 15) is 4.79 Å². The molecule has 0 saturated heterocycles. The van der Waals surface area contributed by atoms with Crippen LogP contribution in [0.5, 0.6) is 0 Å². The number of carbonyl (C=O) groups is 1. The van der Waals surface area contributed by atoms with Crippen molar-refractivity contribution in [2.75, 3.05) is 13.8 Å². The molecule has 86 valence electrons. The maximum Gasteiger partial charge on any atom is 0.250 e. The van der Waals surface area contributed by atoms with E-state index in [2.05, 4.69) is 6.58 Å². The quantitative estimate of drug-likeness (QED) is 0.527. The van der Waals surface area contributed by atoms with Gasteiger partial charge in [0.1, 0.15) is 6.73 Å². The molecule has 0 aromatic carbocycles. The standard InChI is InChI=1S/C12H21NO2/c1-10(2)12(14)13(3)9-15-11-7-5-4-6-8-11/h11H,1,4-9H2,2-3H3. The Hall–Kier alpha value is -0.830. The molecular weight excluding hydrogens is 190 g/mol. The van der Waals surface area contributed by atoms with Gasteiger partial charge in [0.05, 0.1) is 6.10 Å². The van der Waals surface area contributed by atoms with Gasteiger partial charge in [-0.3, -0.25) is 4.79 Å². The molecule has 1 rings (SSSR count). The minimum Gasteiger partial charge on any atom is -0.358 e. The predicted octanol–water partition coefficient (Wildman–Crippen LogP) is 2.33. The minimum absolute atomic E-state index is 0.0363. The third kappa shape index (κ3) is 4.04. The van der Waals surface area contributed by atoms with Crippen LogP contribution < -0.4 is 0 Å². The van der Waals surface area contributed by atoms with Crippen molar-refractivity contribution in [3.63, 3.8) is 0 Å². The van der Waals surface area contributed by atoms with Crippen LogP contribution in [0.25, 0.3) is 0 Å². The van der Waals surface area contributed by atoms with E-state index in [4.69, 9.17) is 4.74 Å². The van der Waals surface area contributed by atoms with Crippen LogP contribution in [-0.4, -0.2) is 30.7 Å². The summed E-state index contributed by atoms with van der Waals surface area (Å²) in [6, 6.07) is 0.